The smallest absolute Gasteiger partial charge is 0.282 e. The number of halogens is 4. The maximum Gasteiger partial charge on any atom is 0.282 e. The molecule has 0 bridgehead atoms. The summed E-state index contributed by atoms with van der Waals surface area (Å²) < 4.78 is 58.4. The van der Waals surface area contributed by atoms with Crippen LogP contribution in [-0.4, -0.2) is 23.9 Å². The molecule has 2 heterocycles. The molecule has 0 aliphatic rings. The van der Waals surface area contributed by atoms with Gasteiger partial charge in [-0.1, -0.05) is 35.3 Å². The normalized spacial score (nSPS) is 11.6. The number of rotatable bonds is 6. The van der Waals surface area contributed by atoms with Crippen molar-refractivity contribution in [1.82, 2.24) is 14.3 Å². The lowest BCUT2D eigenvalue weighted by molar-refractivity contribution is 0.0974. The van der Waals surface area contributed by atoms with Crippen molar-refractivity contribution in [3.05, 3.63) is 122 Å². The lowest BCUT2D eigenvalue weighted by Gasteiger charge is -2.14. The molecule has 0 saturated carbocycles. The molecule has 1 amide bonds. The number of nitrogens with zero attached hydrogens (tertiary/aromatic N) is 1. The Hall–Kier alpha value is -3.99. The number of carbonyl (C=O) groups is 1. The number of fused-ring (bicyclic) bond motifs is 1. The van der Waals surface area contributed by atoms with E-state index in [0.29, 0.717) is 10.9 Å². The maximum absolute atomic E-state index is 14.7. The number of aromatic nitrogens is 2. The highest BCUT2D eigenvalue weighted by Gasteiger charge is 2.30. The summed E-state index contributed by atoms with van der Waals surface area (Å²) in [7, 11) is -4.49. The minimum absolute atomic E-state index is 0.0310. The van der Waals surface area contributed by atoms with Crippen LogP contribution < -0.4 is 10.3 Å². The Kier molecular flexibility index (Phi) is 7.02. The first-order valence-electron chi connectivity index (χ1n) is 11.3. The van der Waals surface area contributed by atoms with Gasteiger partial charge in [-0.3, -0.25) is 9.59 Å². The first-order valence-corrected chi connectivity index (χ1v) is 13.6. The Bertz CT molecular complexity index is 1940. The van der Waals surface area contributed by atoms with E-state index < -0.39 is 33.1 Å². The standard InChI is InChI=1S/C27H17Cl2F2N3O4S/c28-16-7-10-22-19(13-16)24(18-4-3-11-32-26(18)35)25(34(22)14-15-12-17(30)8-9-21(15)31)27(36)33-39(37,38)23-6-2-1-5-20(23)29/h1-13H,14H2,(H,32,35)(H,33,36). The first kappa shape index (κ1) is 26.6. The van der Waals surface area contributed by atoms with E-state index in [0.717, 1.165) is 18.2 Å². The van der Waals surface area contributed by atoms with Crippen LogP contribution in [0.4, 0.5) is 8.78 Å². The summed E-state index contributed by atoms with van der Waals surface area (Å²) in [5.41, 5.74) is -0.568. The molecule has 198 valence electrons. The number of hydrogen-bond acceptors (Lipinski definition) is 4. The molecule has 12 heteroatoms. The molecule has 2 aromatic heterocycles. The van der Waals surface area contributed by atoms with Crippen molar-refractivity contribution in [1.29, 1.82) is 0 Å². The Morgan fingerprint density at radius 3 is 2.49 bits per heavy atom. The van der Waals surface area contributed by atoms with Gasteiger partial charge < -0.3 is 9.55 Å². The van der Waals surface area contributed by atoms with Gasteiger partial charge in [0.15, 0.2) is 0 Å². The third-order valence-corrected chi connectivity index (χ3v) is 8.08. The lowest BCUT2D eigenvalue weighted by Crippen LogP contribution is -2.33. The van der Waals surface area contributed by atoms with E-state index in [1.54, 1.807) is 0 Å². The Morgan fingerprint density at radius 1 is 0.974 bits per heavy atom. The summed E-state index contributed by atoms with van der Waals surface area (Å²) in [6.45, 7) is -0.374. The second kappa shape index (κ2) is 10.3. The van der Waals surface area contributed by atoms with Crippen LogP contribution in [-0.2, 0) is 16.6 Å². The zero-order chi connectivity index (χ0) is 27.9. The van der Waals surface area contributed by atoms with E-state index in [1.165, 1.54) is 65.4 Å². The van der Waals surface area contributed by atoms with Gasteiger partial charge in [0.1, 0.15) is 22.2 Å². The second-order valence-corrected chi connectivity index (χ2v) is 11.0. The Balaban J connectivity index is 1.80. The summed E-state index contributed by atoms with van der Waals surface area (Å²) in [5.74, 6) is -2.59. The van der Waals surface area contributed by atoms with Crippen molar-refractivity contribution in [2.24, 2.45) is 0 Å². The monoisotopic (exact) mass is 587 g/mol. The van der Waals surface area contributed by atoms with E-state index in [4.69, 9.17) is 23.2 Å². The third-order valence-electron chi connectivity index (χ3n) is 6.02. The fourth-order valence-corrected chi connectivity index (χ4v) is 5.99. The van der Waals surface area contributed by atoms with Gasteiger partial charge in [0, 0.05) is 38.8 Å². The van der Waals surface area contributed by atoms with Gasteiger partial charge >= 0.3 is 0 Å². The van der Waals surface area contributed by atoms with Gasteiger partial charge in [-0.05, 0) is 60.7 Å². The molecule has 39 heavy (non-hydrogen) atoms. The quantitative estimate of drug-likeness (QED) is 0.264. The minimum Gasteiger partial charge on any atom is -0.331 e. The number of hydrogen-bond donors (Lipinski definition) is 2. The number of amides is 1. The lowest BCUT2D eigenvalue weighted by atomic mass is 10.0. The highest BCUT2D eigenvalue weighted by Crippen LogP contribution is 2.36. The number of aromatic amines is 1. The van der Waals surface area contributed by atoms with Crippen LogP contribution in [0.5, 0.6) is 0 Å². The molecule has 0 unspecified atom stereocenters. The topological polar surface area (TPSA) is 101 Å². The number of benzene rings is 3. The van der Waals surface area contributed by atoms with Crippen LogP contribution in [0.1, 0.15) is 16.1 Å². The molecule has 3 aromatic carbocycles. The molecule has 5 rings (SSSR count). The van der Waals surface area contributed by atoms with E-state index in [1.807, 2.05) is 4.72 Å². The zero-order valence-corrected chi connectivity index (χ0v) is 22.0. The third kappa shape index (κ3) is 5.06. The number of H-pyrrole nitrogens is 1. The Morgan fingerprint density at radius 2 is 1.74 bits per heavy atom. The van der Waals surface area contributed by atoms with Crippen LogP contribution in [0.15, 0.2) is 88.7 Å². The molecule has 2 N–H and O–H groups in total. The average Bonchev–Trinajstić information content (AvgIpc) is 3.19. The fraction of sp³-hybridized carbons (Fsp3) is 0.0370. The predicted molar refractivity (Wildman–Crippen MR) is 145 cm³/mol. The molecule has 0 aliphatic carbocycles. The molecule has 0 radical (unpaired) electrons. The molecule has 0 atom stereocenters. The van der Waals surface area contributed by atoms with E-state index in [9.17, 15) is 26.8 Å². The summed E-state index contributed by atoms with van der Waals surface area (Å²) >= 11 is 12.3. The van der Waals surface area contributed by atoms with Crippen molar-refractivity contribution in [3.8, 4) is 11.1 Å². The van der Waals surface area contributed by atoms with Crippen LogP contribution >= 0.6 is 23.2 Å². The summed E-state index contributed by atoms with van der Waals surface area (Å²) in [6, 6.07) is 15.9. The number of nitrogens with one attached hydrogen (secondary N) is 2. The highest BCUT2D eigenvalue weighted by atomic mass is 35.5. The molecule has 0 saturated heterocycles. The summed E-state index contributed by atoms with van der Waals surface area (Å²) in [6.07, 6.45) is 1.39. The molecular weight excluding hydrogens is 571 g/mol. The number of sulfonamides is 1. The highest BCUT2D eigenvalue weighted by molar-refractivity contribution is 7.90. The van der Waals surface area contributed by atoms with Crippen LogP contribution in [0.3, 0.4) is 0 Å². The van der Waals surface area contributed by atoms with Crippen LogP contribution in [0, 0.1) is 11.6 Å². The van der Waals surface area contributed by atoms with Gasteiger partial charge in [0.05, 0.1) is 11.6 Å². The zero-order valence-electron chi connectivity index (χ0n) is 19.7. The van der Waals surface area contributed by atoms with Gasteiger partial charge in [-0.15, -0.1) is 0 Å². The predicted octanol–water partition coefficient (Wildman–Crippen LogP) is 5.75. The van der Waals surface area contributed by atoms with Crippen molar-refractivity contribution in [2.75, 3.05) is 0 Å². The molecule has 7 nitrogen and oxygen atoms in total. The number of carbonyl (C=O) groups excluding carboxylic acids is 1. The largest absolute Gasteiger partial charge is 0.331 e. The van der Waals surface area contributed by atoms with Crippen LogP contribution in [0.2, 0.25) is 10.0 Å². The van der Waals surface area contributed by atoms with Gasteiger partial charge in [-0.25, -0.2) is 21.9 Å². The maximum atomic E-state index is 14.7. The van der Waals surface area contributed by atoms with Crippen molar-refractivity contribution in [2.45, 2.75) is 11.4 Å². The molecule has 0 spiro atoms. The van der Waals surface area contributed by atoms with Gasteiger partial charge in [-0.2, -0.15) is 0 Å². The summed E-state index contributed by atoms with van der Waals surface area (Å²) in [4.78, 5) is 28.8. The van der Waals surface area contributed by atoms with Crippen molar-refractivity contribution >= 4 is 50.0 Å². The van der Waals surface area contributed by atoms with Crippen LogP contribution in [0.25, 0.3) is 22.0 Å². The van der Waals surface area contributed by atoms with Gasteiger partial charge in [0.25, 0.3) is 21.5 Å². The van der Waals surface area contributed by atoms with Gasteiger partial charge in [0.2, 0.25) is 0 Å². The minimum atomic E-state index is -4.49. The first-order chi connectivity index (χ1) is 18.6. The van der Waals surface area contributed by atoms with Crippen molar-refractivity contribution in [3.63, 3.8) is 0 Å². The fourth-order valence-electron chi connectivity index (χ4n) is 4.34. The van der Waals surface area contributed by atoms with Crippen molar-refractivity contribution < 1.29 is 22.0 Å². The summed E-state index contributed by atoms with van der Waals surface area (Å²) in [5, 5.41) is 0.462. The van der Waals surface area contributed by atoms with E-state index in [-0.39, 0.29) is 43.9 Å². The Labute approximate surface area is 230 Å². The van der Waals surface area contributed by atoms with E-state index in [2.05, 4.69) is 4.98 Å². The van der Waals surface area contributed by atoms with E-state index >= 15 is 0 Å². The molecule has 5 aromatic rings. The molecule has 0 aliphatic heterocycles. The second-order valence-electron chi connectivity index (χ2n) is 8.48. The SMILES string of the molecule is O=C(NS(=O)(=O)c1ccccc1Cl)c1c(-c2ccc[nH]c2=O)c2cc(Cl)ccc2n1Cc1cc(F)ccc1F. The molecular formula is C27H17Cl2F2N3O4S. The molecule has 0 fully saturated rings. The average molecular weight is 588 g/mol. The number of pyridine rings is 1.